The third-order valence-corrected chi connectivity index (χ3v) is 5.95. The van der Waals surface area contributed by atoms with Crippen LogP contribution in [0.1, 0.15) is 18.4 Å². The quantitative estimate of drug-likeness (QED) is 0.745. The van der Waals surface area contributed by atoms with Crippen LogP contribution in [-0.2, 0) is 9.59 Å². The number of para-hydroxylation sites is 1. The van der Waals surface area contributed by atoms with Crippen molar-refractivity contribution in [3.05, 3.63) is 69.8 Å². The van der Waals surface area contributed by atoms with Crippen LogP contribution < -0.4 is 4.90 Å². The number of hydrogen-bond donors (Lipinski definition) is 1. The van der Waals surface area contributed by atoms with Gasteiger partial charge < -0.3 is 10.0 Å². The molecule has 7 heteroatoms. The van der Waals surface area contributed by atoms with Crippen LogP contribution in [0.5, 0.6) is 0 Å². The van der Waals surface area contributed by atoms with E-state index in [2.05, 4.69) is 0 Å². The molecular formula is C22H20Cl2N2O3. The molecule has 150 valence electrons. The minimum absolute atomic E-state index is 0.0520. The van der Waals surface area contributed by atoms with Gasteiger partial charge in [0.15, 0.2) is 0 Å². The third-order valence-electron chi connectivity index (χ3n) is 5.38. The van der Waals surface area contributed by atoms with Crippen molar-refractivity contribution in [3.8, 4) is 0 Å². The van der Waals surface area contributed by atoms with Crippen molar-refractivity contribution < 1.29 is 14.7 Å². The number of nitrogens with zero attached hydrogens (tertiary/aromatic N) is 2. The van der Waals surface area contributed by atoms with Gasteiger partial charge in [0, 0.05) is 24.7 Å². The highest BCUT2D eigenvalue weighted by atomic mass is 35.5. The van der Waals surface area contributed by atoms with Crippen molar-refractivity contribution in [2.45, 2.75) is 12.8 Å². The number of aliphatic hydroxyl groups excluding tert-OH is 1. The van der Waals surface area contributed by atoms with Gasteiger partial charge in [-0.05, 0) is 48.6 Å². The predicted octanol–water partition coefficient (Wildman–Crippen LogP) is 3.98. The lowest BCUT2D eigenvalue weighted by Crippen LogP contribution is -2.40. The number of hydrogen-bond acceptors (Lipinski definition) is 4. The lowest BCUT2D eigenvalue weighted by molar-refractivity contribution is -0.120. The van der Waals surface area contributed by atoms with Crippen LogP contribution in [0, 0.1) is 5.92 Å². The first-order chi connectivity index (χ1) is 14.0. The summed E-state index contributed by atoms with van der Waals surface area (Å²) < 4.78 is 0. The number of anilines is 1. The van der Waals surface area contributed by atoms with Crippen molar-refractivity contribution in [1.29, 1.82) is 0 Å². The molecule has 0 aliphatic carbocycles. The Morgan fingerprint density at radius 1 is 1.00 bits per heavy atom. The summed E-state index contributed by atoms with van der Waals surface area (Å²) in [7, 11) is 0. The van der Waals surface area contributed by atoms with Gasteiger partial charge in [-0.25, -0.2) is 4.90 Å². The van der Waals surface area contributed by atoms with Crippen LogP contribution in [0.2, 0.25) is 10.0 Å². The summed E-state index contributed by atoms with van der Waals surface area (Å²) in [4.78, 5) is 30.0. The van der Waals surface area contributed by atoms with Crippen molar-refractivity contribution >= 4 is 46.3 Å². The average Bonchev–Trinajstić information content (AvgIpc) is 2.99. The number of aliphatic hydroxyl groups is 1. The van der Waals surface area contributed by atoms with Gasteiger partial charge in [0.05, 0.1) is 16.3 Å². The van der Waals surface area contributed by atoms with Crippen LogP contribution in [0.25, 0.3) is 5.57 Å². The van der Waals surface area contributed by atoms with Crippen molar-refractivity contribution in [2.24, 2.45) is 5.92 Å². The molecule has 1 saturated heterocycles. The van der Waals surface area contributed by atoms with E-state index in [0.717, 1.165) is 17.7 Å². The Labute approximate surface area is 179 Å². The minimum atomic E-state index is -0.411. The second-order valence-corrected chi connectivity index (χ2v) is 8.11. The van der Waals surface area contributed by atoms with E-state index in [4.69, 9.17) is 23.2 Å². The maximum absolute atomic E-state index is 13.5. The van der Waals surface area contributed by atoms with Gasteiger partial charge >= 0.3 is 0 Å². The number of carbonyl (C=O) groups is 2. The lowest BCUT2D eigenvalue weighted by Gasteiger charge is -2.34. The van der Waals surface area contributed by atoms with E-state index in [0.29, 0.717) is 45.7 Å². The molecule has 0 aromatic heterocycles. The molecule has 2 aromatic carbocycles. The highest BCUT2D eigenvalue weighted by Gasteiger charge is 2.43. The molecule has 5 nitrogen and oxygen atoms in total. The standard InChI is InChI=1S/C22H20Cl2N2O3/c23-16-9-7-15(8-10-16)19-20(25-11-3-4-14(12-25)13-27)22(29)26(21(19)28)18-6-2-1-5-17(18)24/h1-2,5-10,14,27H,3-4,11-13H2. The molecule has 2 aromatic rings. The van der Waals surface area contributed by atoms with E-state index in [1.165, 1.54) is 0 Å². The topological polar surface area (TPSA) is 60.9 Å². The first-order valence-electron chi connectivity index (χ1n) is 9.50. The molecule has 29 heavy (non-hydrogen) atoms. The molecule has 0 spiro atoms. The molecule has 0 saturated carbocycles. The van der Waals surface area contributed by atoms with E-state index in [9.17, 15) is 14.7 Å². The van der Waals surface area contributed by atoms with E-state index >= 15 is 0 Å². The van der Waals surface area contributed by atoms with Crippen molar-refractivity contribution in [3.63, 3.8) is 0 Å². The maximum atomic E-state index is 13.5. The minimum Gasteiger partial charge on any atom is -0.396 e. The number of piperidine rings is 1. The van der Waals surface area contributed by atoms with Gasteiger partial charge in [-0.3, -0.25) is 9.59 Å². The number of rotatable bonds is 4. The summed E-state index contributed by atoms with van der Waals surface area (Å²) in [5.41, 5.74) is 1.69. The molecule has 0 radical (unpaired) electrons. The largest absolute Gasteiger partial charge is 0.396 e. The van der Waals surface area contributed by atoms with Gasteiger partial charge in [-0.1, -0.05) is 47.5 Å². The fourth-order valence-corrected chi connectivity index (χ4v) is 4.30. The zero-order valence-corrected chi connectivity index (χ0v) is 17.2. The van der Waals surface area contributed by atoms with Gasteiger partial charge in [0.1, 0.15) is 5.70 Å². The fraction of sp³-hybridized carbons (Fsp3) is 0.273. The lowest BCUT2D eigenvalue weighted by atomic mass is 9.97. The number of halogens is 2. The monoisotopic (exact) mass is 430 g/mol. The summed E-state index contributed by atoms with van der Waals surface area (Å²) in [6.45, 7) is 1.23. The fourth-order valence-electron chi connectivity index (χ4n) is 3.96. The number of imide groups is 1. The van der Waals surface area contributed by atoms with Gasteiger partial charge in [-0.2, -0.15) is 0 Å². The second kappa shape index (κ2) is 8.19. The van der Waals surface area contributed by atoms with Gasteiger partial charge in [0.25, 0.3) is 11.8 Å². The SMILES string of the molecule is O=C1C(c2ccc(Cl)cc2)=C(N2CCCC(CO)C2)C(=O)N1c1ccccc1Cl. The predicted molar refractivity (Wildman–Crippen MR) is 114 cm³/mol. The summed E-state index contributed by atoms with van der Waals surface area (Å²) in [5, 5.41) is 10.5. The van der Waals surface area contributed by atoms with Crippen molar-refractivity contribution in [1.82, 2.24) is 4.90 Å². The molecule has 1 atom stereocenters. The average molecular weight is 431 g/mol. The number of benzene rings is 2. The first-order valence-corrected chi connectivity index (χ1v) is 10.3. The molecule has 0 bridgehead atoms. The number of carbonyl (C=O) groups excluding carboxylic acids is 2. The van der Waals surface area contributed by atoms with Crippen LogP contribution in [0.4, 0.5) is 5.69 Å². The normalized spacial score (nSPS) is 20.0. The highest BCUT2D eigenvalue weighted by molar-refractivity contribution is 6.47. The molecular weight excluding hydrogens is 411 g/mol. The second-order valence-electron chi connectivity index (χ2n) is 7.26. The summed E-state index contributed by atoms with van der Waals surface area (Å²) in [6.07, 6.45) is 1.74. The van der Waals surface area contributed by atoms with E-state index < -0.39 is 11.8 Å². The molecule has 1 unspecified atom stereocenters. The zero-order valence-electron chi connectivity index (χ0n) is 15.6. The van der Waals surface area contributed by atoms with E-state index in [1.54, 1.807) is 48.5 Å². The summed E-state index contributed by atoms with van der Waals surface area (Å²) in [5.74, 6) is -0.738. The van der Waals surface area contributed by atoms with E-state index in [1.807, 2.05) is 4.90 Å². The summed E-state index contributed by atoms with van der Waals surface area (Å²) >= 11 is 12.3. The first kappa shape index (κ1) is 20.0. The Balaban J connectivity index is 1.83. The number of amides is 2. The number of likely N-dealkylation sites (tertiary alicyclic amines) is 1. The Kier molecular flexibility index (Phi) is 5.63. The highest BCUT2D eigenvalue weighted by Crippen LogP contribution is 2.38. The molecule has 2 amide bonds. The Morgan fingerprint density at radius 3 is 2.41 bits per heavy atom. The van der Waals surface area contributed by atoms with Crippen LogP contribution >= 0.6 is 23.2 Å². The zero-order chi connectivity index (χ0) is 20.5. The molecule has 4 rings (SSSR count). The van der Waals surface area contributed by atoms with Gasteiger partial charge in [-0.15, -0.1) is 0 Å². The van der Waals surface area contributed by atoms with Crippen LogP contribution in [0.15, 0.2) is 54.2 Å². The molecule has 1 fully saturated rings. The molecule has 2 heterocycles. The Bertz CT molecular complexity index is 988. The van der Waals surface area contributed by atoms with Crippen LogP contribution in [0.3, 0.4) is 0 Å². The third kappa shape index (κ3) is 3.66. The van der Waals surface area contributed by atoms with Crippen molar-refractivity contribution in [2.75, 3.05) is 24.6 Å². The molecule has 2 aliphatic heterocycles. The smallest absolute Gasteiger partial charge is 0.282 e. The Hall–Kier alpha value is -2.34. The van der Waals surface area contributed by atoms with E-state index in [-0.39, 0.29) is 12.5 Å². The molecule has 2 aliphatic rings. The Morgan fingerprint density at radius 2 is 1.72 bits per heavy atom. The van der Waals surface area contributed by atoms with Crippen LogP contribution in [-0.4, -0.2) is 41.5 Å². The van der Waals surface area contributed by atoms with Gasteiger partial charge in [0.2, 0.25) is 0 Å². The maximum Gasteiger partial charge on any atom is 0.282 e. The molecule has 1 N–H and O–H groups in total. The summed E-state index contributed by atoms with van der Waals surface area (Å²) in [6, 6.07) is 13.7.